The van der Waals surface area contributed by atoms with E-state index in [1.807, 2.05) is 0 Å². The number of nitrogens with zero attached hydrogens (tertiary/aromatic N) is 1. The molecular weight excluding hydrogens is 251 g/mol. The fourth-order valence-electron chi connectivity index (χ4n) is 1.57. The zero-order valence-corrected chi connectivity index (χ0v) is 10.5. The fraction of sp³-hybridized carbons (Fsp3) is 0.308. The van der Waals surface area contributed by atoms with Gasteiger partial charge in [0.1, 0.15) is 11.9 Å². The number of carbonyl (C=O) groups is 2. The Balaban J connectivity index is 2.91. The summed E-state index contributed by atoms with van der Waals surface area (Å²) in [6.07, 6.45) is -1.22. The van der Waals surface area contributed by atoms with Gasteiger partial charge in [-0.3, -0.25) is 4.79 Å². The molecule has 0 aliphatic carbocycles. The molecule has 1 rings (SSSR count). The number of amides is 1. The van der Waals surface area contributed by atoms with Crippen molar-refractivity contribution in [2.45, 2.75) is 19.9 Å². The molecule has 100 valence electrons. The van der Waals surface area contributed by atoms with Crippen molar-refractivity contribution in [2.24, 2.45) is 5.92 Å². The Morgan fingerprint density at radius 1 is 1.42 bits per heavy atom. The van der Waals surface area contributed by atoms with Crippen molar-refractivity contribution in [3.63, 3.8) is 0 Å². The molecule has 19 heavy (non-hydrogen) atoms. The molecule has 0 heterocycles. The van der Waals surface area contributed by atoms with Gasteiger partial charge in [-0.05, 0) is 25.1 Å². The van der Waals surface area contributed by atoms with Crippen molar-refractivity contribution < 1.29 is 19.1 Å². The van der Waals surface area contributed by atoms with E-state index in [4.69, 9.17) is 10.4 Å². The third-order valence-corrected chi connectivity index (χ3v) is 2.89. The third kappa shape index (κ3) is 3.52. The molecule has 1 aromatic carbocycles. The zero-order valence-electron chi connectivity index (χ0n) is 10.5. The summed E-state index contributed by atoms with van der Waals surface area (Å²) in [5.74, 6) is -1.78. The smallest absolute Gasteiger partial charge is 0.404 e. The lowest BCUT2D eigenvalue weighted by molar-refractivity contribution is 0.0906. The summed E-state index contributed by atoms with van der Waals surface area (Å²) in [6, 6.07) is 4.64. The average molecular weight is 264 g/mol. The largest absolute Gasteiger partial charge is 0.465 e. The summed E-state index contributed by atoms with van der Waals surface area (Å²) in [5.41, 5.74) is -0.0241. The molecule has 0 aliphatic rings. The number of carbonyl (C=O) groups excluding carboxylic acids is 1. The summed E-state index contributed by atoms with van der Waals surface area (Å²) in [5, 5.41) is 19.4. The Bertz CT molecular complexity index is 551. The van der Waals surface area contributed by atoms with Gasteiger partial charge in [-0.15, -0.1) is 0 Å². The molecule has 0 aliphatic heterocycles. The van der Waals surface area contributed by atoms with Gasteiger partial charge in [0.25, 0.3) is 0 Å². The van der Waals surface area contributed by atoms with Crippen LogP contribution in [0.15, 0.2) is 18.2 Å². The summed E-state index contributed by atoms with van der Waals surface area (Å²) in [7, 11) is 0. The molecule has 5 nitrogen and oxygen atoms in total. The normalized spacial score (nSPS) is 13.2. The van der Waals surface area contributed by atoms with Gasteiger partial charge in [-0.2, -0.15) is 5.26 Å². The van der Waals surface area contributed by atoms with Gasteiger partial charge in [-0.25, -0.2) is 9.18 Å². The number of nitrogens with one attached hydrogen (secondary N) is 1. The van der Waals surface area contributed by atoms with Crippen LogP contribution in [0.5, 0.6) is 0 Å². The molecule has 0 aromatic heterocycles. The lowest BCUT2D eigenvalue weighted by Crippen LogP contribution is -2.39. The molecule has 2 atom stereocenters. The number of hydrogen-bond donors (Lipinski definition) is 2. The highest BCUT2D eigenvalue weighted by molar-refractivity contribution is 5.98. The van der Waals surface area contributed by atoms with Crippen LogP contribution in [0.2, 0.25) is 0 Å². The summed E-state index contributed by atoms with van der Waals surface area (Å²) >= 11 is 0. The topological polar surface area (TPSA) is 90.2 Å². The third-order valence-electron chi connectivity index (χ3n) is 2.89. The predicted octanol–water partition coefficient (Wildman–Crippen LogP) is 2.17. The van der Waals surface area contributed by atoms with Crippen molar-refractivity contribution in [1.82, 2.24) is 5.32 Å². The highest BCUT2D eigenvalue weighted by Crippen LogP contribution is 2.15. The van der Waals surface area contributed by atoms with Crippen molar-refractivity contribution in [3.8, 4) is 6.07 Å². The van der Waals surface area contributed by atoms with Crippen LogP contribution in [-0.2, 0) is 0 Å². The van der Waals surface area contributed by atoms with Crippen molar-refractivity contribution in [1.29, 1.82) is 5.26 Å². The molecule has 1 amide bonds. The molecule has 2 N–H and O–H groups in total. The molecule has 6 heteroatoms. The van der Waals surface area contributed by atoms with E-state index >= 15 is 0 Å². The number of rotatable bonds is 4. The summed E-state index contributed by atoms with van der Waals surface area (Å²) < 4.78 is 13.4. The van der Waals surface area contributed by atoms with E-state index in [0.29, 0.717) is 0 Å². The molecule has 0 saturated heterocycles. The molecular formula is C13H13FN2O3. The molecule has 2 unspecified atom stereocenters. The Hall–Kier alpha value is -2.42. The number of Topliss-reactive ketones (excluding diaryl/α,β-unsaturated/α-hetero) is 1. The van der Waals surface area contributed by atoms with E-state index in [9.17, 15) is 14.0 Å². The van der Waals surface area contributed by atoms with Crippen LogP contribution in [-0.4, -0.2) is 23.0 Å². The lowest BCUT2D eigenvalue weighted by Gasteiger charge is -2.18. The first-order chi connectivity index (χ1) is 8.86. The maximum Gasteiger partial charge on any atom is 0.404 e. The van der Waals surface area contributed by atoms with E-state index in [-0.39, 0.29) is 16.9 Å². The van der Waals surface area contributed by atoms with Gasteiger partial charge in [0.15, 0.2) is 5.78 Å². The summed E-state index contributed by atoms with van der Waals surface area (Å²) in [4.78, 5) is 22.5. The lowest BCUT2D eigenvalue weighted by atomic mass is 9.93. The Kier molecular flexibility index (Phi) is 4.59. The van der Waals surface area contributed by atoms with Crippen LogP contribution in [0.3, 0.4) is 0 Å². The number of halogens is 1. The molecule has 0 radical (unpaired) electrons. The molecule has 0 spiro atoms. The minimum absolute atomic E-state index is 0.114. The van der Waals surface area contributed by atoms with Crippen LogP contribution >= 0.6 is 0 Å². The van der Waals surface area contributed by atoms with Crippen molar-refractivity contribution in [3.05, 3.63) is 35.1 Å². The molecule has 0 bridgehead atoms. The first kappa shape index (κ1) is 14.6. The standard InChI is InChI=1S/C13H13FN2O3/c1-7(8(2)16-13(18)19)12(17)9-3-4-10(6-15)11(14)5-9/h3-5,7-8,16H,1-2H3,(H,18,19). The van der Waals surface area contributed by atoms with Gasteiger partial charge in [0.2, 0.25) is 0 Å². The van der Waals surface area contributed by atoms with Crippen LogP contribution in [0.25, 0.3) is 0 Å². The molecule has 0 saturated carbocycles. The number of hydrogen-bond acceptors (Lipinski definition) is 3. The van der Waals surface area contributed by atoms with Gasteiger partial charge in [0.05, 0.1) is 5.56 Å². The van der Waals surface area contributed by atoms with E-state index in [0.717, 1.165) is 6.07 Å². The number of nitriles is 1. The van der Waals surface area contributed by atoms with Gasteiger partial charge < -0.3 is 10.4 Å². The Morgan fingerprint density at radius 3 is 2.53 bits per heavy atom. The highest BCUT2D eigenvalue weighted by Gasteiger charge is 2.23. The number of ketones is 1. The van der Waals surface area contributed by atoms with E-state index in [1.165, 1.54) is 12.1 Å². The van der Waals surface area contributed by atoms with Gasteiger partial charge >= 0.3 is 6.09 Å². The van der Waals surface area contributed by atoms with E-state index in [2.05, 4.69) is 5.32 Å². The van der Waals surface area contributed by atoms with Crippen LogP contribution in [0.4, 0.5) is 9.18 Å². The average Bonchev–Trinajstić information content (AvgIpc) is 2.36. The Morgan fingerprint density at radius 2 is 2.05 bits per heavy atom. The second-order valence-electron chi connectivity index (χ2n) is 4.20. The van der Waals surface area contributed by atoms with Gasteiger partial charge in [-0.1, -0.05) is 6.92 Å². The highest BCUT2D eigenvalue weighted by atomic mass is 19.1. The van der Waals surface area contributed by atoms with E-state index in [1.54, 1.807) is 19.9 Å². The van der Waals surface area contributed by atoms with E-state index < -0.39 is 23.9 Å². The first-order valence-electron chi connectivity index (χ1n) is 5.60. The molecule has 1 aromatic rings. The quantitative estimate of drug-likeness (QED) is 0.815. The molecule has 0 fully saturated rings. The van der Waals surface area contributed by atoms with Gasteiger partial charge in [0, 0.05) is 17.5 Å². The maximum absolute atomic E-state index is 13.4. The minimum atomic E-state index is -1.22. The zero-order chi connectivity index (χ0) is 14.6. The second-order valence-corrected chi connectivity index (χ2v) is 4.20. The van der Waals surface area contributed by atoms with Crippen LogP contribution in [0, 0.1) is 23.1 Å². The second kappa shape index (κ2) is 5.96. The monoisotopic (exact) mass is 264 g/mol. The van der Waals surface area contributed by atoms with Crippen molar-refractivity contribution >= 4 is 11.9 Å². The predicted molar refractivity (Wildman–Crippen MR) is 65.2 cm³/mol. The maximum atomic E-state index is 13.4. The van der Waals surface area contributed by atoms with Crippen LogP contribution < -0.4 is 5.32 Å². The van der Waals surface area contributed by atoms with Crippen LogP contribution in [0.1, 0.15) is 29.8 Å². The Labute approximate surface area is 109 Å². The number of carboxylic acid groups (broad SMARTS) is 1. The number of benzene rings is 1. The fourth-order valence-corrected chi connectivity index (χ4v) is 1.57. The first-order valence-corrected chi connectivity index (χ1v) is 5.60. The summed E-state index contributed by atoms with van der Waals surface area (Å²) in [6.45, 7) is 3.11. The van der Waals surface area contributed by atoms with Crippen molar-refractivity contribution in [2.75, 3.05) is 0 Å². The SMILES string of the molecule is CC(NC(=O)O)C(C)C(=O)c1ccc(C#N)c(F)c1. The minimum Gasteiger partial charge on any atom is -0.465 e.